The van der Waals surface area contributed by atoms with Crippen LogP contribution < -0.4 is 0 Å². The number of hydrogen-bond acceptors (Lipinski definition) is 0. The summed E-state index contributed by atoms with van der Waals surface area (Å²) in [7, 11) is 0. The molecular formula is C11H5Co3O9+5. The summed E-state index contributed by atoms with van der Waals surface area (Å²) < 4.78 is 67.5. The molecule has 1 radical (unpaired) electrons. The van der Waals surface area contributed by atoms with E-state index in [9.17, 15) is 0 Å². The van der Waals surface area contributed by atoms with E-state index >= 15 is 0 Å². The van der Waals surface area contributed by atoms with Crippen molar-refractivity contribution in [1.82, 2.24) is 0 Å². The van der Waals surface area contributed by atoms with Crippen LogP contribution in [0, 0.1) is 66.8 Å². The smallest absolute Gasteiger partial charge is 0.346 e. The van der Waals surface area contributed by atoms with E-state index in [4.69, 9.17) is 41.9 Å². The Hall–Kier alpha value is -0.821. The summed E-state index contributed by atoms with van der Waals surface area (Å²) in [6.07, 6.45) is 0. The molecular weight excluding hydrogens is 453 g/mol. The summed E-state index contributed by atoms with van der Waals surface area (Å²) in [5.41, 5.74) is 0. The largest absolute Gasteiger partial charge is 3.00 e. The minimum Gasteiger partial charge on any atom is -0.346 e. The molecule has 0 bridgehead atoms. The van der Waals surface area contributed by atoms with E-state index in [-0.39, 0.29) is 50.3 Å². The van der Waals surface area contributed by atoms with Gasteiger partial charge in [0.05, 0.1) is 0 Å². The predicted molar refractivity (Wildman–Crippen MR) is 46.4 cm³/mol. The SMILES string of the molecule is [C-]#[O+].[C-]#[O+].[C-]#[O+].[C-]#[O+].[C-]#[O+].[C-]#[O+].[C-]#[O+].[C-]#[O+].[C-]#[O+].[CH2-]C.[Co+3].[Co+3].[Co]. The summed E-state index contributed by atoms with van der Waals surface area (Å²) in [5, 5.41) is 0. The molecule has 0 heterocycles. The first-order chi connectivity index (χ1) is 10.0. The second-order valence-corrected chi connectivity index (χ2v) is 0. The molecule has 0 saturated carbocycles. The summed E-state index contributed by atoms with van der Waals surface area (Å²) in [6, 6.07) is 0. The van der Waals surface area contributed by atoms with Crippen molar-refractivity contribution in [3.8, 4) is 0 Å². The third-order valence-electron chi connectivity index (χ3n) is 0. The molecule has 0 rings (SSSR count). The predicted octanol–water partition coefficient (Wildman–Crippen LogP) is 0.495. The first-order valence-electron chi connectivity index (χ1n) is 2.54. The first kappa shape index (κ1) is 118. The second-order valence-electron chi connectivity index (χ2n) is 0. The minimum absolute atomic E-state index is 0. The fourth-order valence-electron chi connectivity index (χ4n) is 0. The third-order valence-corrected chi connectivity index (χ3v) is 0. The Morgan fingerprint density at radius 2 is 0.348 bits per heavy atom. The maximum absolute atomic E-state index is 7.50. The molecule has 0 aliphatic carbocycles. The standard InChI is InChI=1S/C2H5.9CO.3Co/c10*1-2;;;/h1H2,2H3;;;;;;;;;;;;/q-1;;;;;;;;;;;2*+3. The topological polar surface area (TPSA) is 179 Å². The van der Waals surface area contributed by atoms with E-state index in [0.29, 0.717) is 0 Å². The molecule has 0 aromatic rings. The average Bonchev–Trinajstić information content (AvgIpc) is 2.71. The minimum atomic E-state index is 0. The van der Waals surface area contributed by atoms with E-state index in [1.807, 2.05) is 0 Å². The zero-order valence-corrected chi connectivity index (χ0v) is 14.0. The van der Waals surface area contributed by atoms with Gasteiger partial charge in [-0.25, -0.2) is 0 Å². The fourth-order valence-corrected chi connectivity index (χ4v) is 0. The van der Waals surface area contributed by atoms with E-state index in [0.717, 1.165) is 0 Å². The Bertz CT molecular complexity index is 161. The van der Waals surface area contributed by atoms with Crippen molar-refractivity contribution < 1.29 is 92.2 Å². The molecule has 0 N–H and O–H groups in total. The molecule has 0 amide bonds. The maximum atomic E-state index is 7.50. The molecule has 0 fully saturated rings. The van der Waals surface area contributed by atoms with Gasteiger partial charge < -0.3 is 6.92 Å². The van der Waals surface area contributed by atoms with E-state index in [1.165, 1.54) is 0 Å². The molecule has 0 atom stereocenters. The van der Waals surface area contributed by atoms with Gasteiger partial charge >= 0.3 is 135 Å². The molecule has 12 heteroatoms. The fraction of sp³-hybridized carbons (Fsp3) is 0.0909. The van der Waals surface area contributed by atoms with Gasteiger partial charge in [-0.05, 0) is 0 Å². The van der Waals surface area contributed by atoms with Gasteiger partial charge in [0.15, 0.2) is 0 Å². The van der Waals surface area contributed by atoms with Gasteiger partial charge in [-0.2, -0.15) is 6.92 Å². The van der Waals surface area contributed by atoms with Crippen molar-refractivity contribution in [2.45, 2.75) is 6.92 Å². The molecule has 23 heavy (non-hydrogen) atoms. The van der Waals surface area contributed by atoms with Crippen LogP contribution >= 0.6 is 0 Å². The van der Waals surface area contributed by atoms with Crippen LogP contribution in [0.3, 0.4) is 0 Å². The zero-order valence-electron chi connectivity index (χ0n) is 10.9. The molecule has 0 saturated heterocycles. The summed E-state index contributed by atoms with van der Waals surface area (Å²) in [6.45, 7) is 45.5. The molecule has 0 aliphatic heterocycles. The normalized spacial score (nSPS) is 1.04. The first-order valence-corrected chi connectivity index (χ1v) is 2.54. The Kier molecular flexibility index (Phi) is 65800. The van der Waals surface area contributed by atoms with Crippen molar-refractivity contribution in [3.05, 3.63) is 66.8 Å². The van der Waals surface area contributed by atoms with E-state index in [1.54, 1.807) is 6.92 Å². The molecule has 9 nitrogen and oxygen atoms in total. The third kappa shape index (κ3) is 11600. The van der Waals surface area contributed by atoms with Crippen LogP contribution in [0.25, 0.3) is 0 Å². The maximum Gasteiger partial charge on any atom is 3.00 e. The van der Waals surface area contributed by atoms with Gasteiger partial charge in [-0.3, -0.25) is 0 Å². The Labute approximate surface area is 165 Å². The van der Waals surface area contributed by atoms with Crippen molar-refractivity contribution in [2.75, 3.05) is 0 Å². The van der Waals surface area contributed by atoms with Crippen molar-refractivity contribution in [3.63, 3.8) is 0 Å². The molecule has 0 aromatic heterocycles. The average molecular weight is 458 g/mol. The van der Waals surface area contributed by atoms with Crippen LogP contribution in [0.4, 0.5) is 0 Å². The Morgan fingerprint density at radius 3 is 0.348 bits per heavy atom. The van der Waals surface area contributed by atoms with Crippen LogP contribution in [0.15, 0.2) is 0 Å². The number of hydrogen-bond donors (Lipinski definition) is 0. The summed E-state index contributed by atoms with van der Waals surface area (Å²) >= 11 is 0. The van der Waals surface area contributed by atoms with Gasteiger partial charge in [0.25, 0.3) is 0 Å². The van der Waals surface area contributed by atoms with Crippen molar-refractivity contribution >= 4 is 0 Å². The van der Waals surface area contributed by atoms with Crippen LogP contribution in [0.5, 0.6) is 0 Å². The molecule has 0 unspecified atom stereocenters. The van der Waals surface area contributed by atoms with Crippen LogP contribution in [-0.2, 0) is 92.2 Å². The van der Waals surface area contributed by atoms with E-state index < -0.39 is 0 Å². The van der Waals surface area contributed by atoms with Gasteiger partial charge in [-0.15, -0.1) is 0 Å². The van der Waals surface area contributed by atoms with Gasteiger partial charge in [0, 0.05) is 16.8 Å². The van der Waals surface area contributed by atoms with Gasteiger partial charge in [0.2, 0.25) is 0 Å². The molecule has 0 aromatic carbocycles. The van der Waals surface area contributed by atoms with Crippen LogP contribution in [0.2, 0.25) is 0 Å². The molecule has 0 aliphatic rings. The van der Waals surface area contributed by atoms with Gasteiger partial charge in [0.1, 0.15) is 0 Å². The number of rotatable bonds is 0. The summed E-state index contributed by atoms with van der Waals surface area (Å²) in [5.74, 6) is 0. The molecule has 0 spiro atoms. The second kappa shape index (κ2) is 12800. The Balaban J connectivity index is -0.00000000433. The van der Waals surface area contributed by atoms with E-state index in [2.05, 4.69) is 66.8 Å². The Morgan fingerprint density at radius 1 is 0.348 bits per heavy atom. The quantitative estimate of drug-likeness (QED) is 0.363. The monoisotopic (exact) mass is 458 g/mol. The van der Waals surface area contributed by atoms with Crippen LogP contribution in [-0.4, -0.2) is 0 Å². The zero-order chi connectivity index (χ0) is 20.0. The van der Waals surface area contributed by atoms with Gasteiger partial charge in [-0.1, -0.05) is 0 Å². The van der Waals surface area contributed by atoms with Crippen molar-refractivity contribution in [2.24, 2.45) is 0 Å². The van der Waals surface area contributed by atoms with Crippen molar-refractivity contribution in [1.29, 1.82) is 0 Å². The van der Waals surface area contributed by atoms with Crippen LogP contribution in [0.1, 0.15) is 6.92 Å². The molecule has 125 valence electrons. The summed E-state index contributed by atoms with van der Waals surface area (Å²) in [4.78, 5) is 0.